The highest BCUT2D eigenvalue weighted by atomic mass is 28.4. The first kappa shape index (κ1) is 9.78. The summed E-state index contributed by atoms with van der Waals surface area (Å²) in [5.41, 5.74) is 1.09. The third-order valence-electron chi connectivity index (χ3n) is 2.80. The molecule has 0 atom stereocenters. The van der Waals surface area contributed by atoms with Gasteiger partial charge in [0.15, 0.2) is 11.5 Å². The van der Waals surface area contributed by atoms with Crippen LogP contribution in [0.1, 0.15) is 5.56 Å². The number of rotatable bonds is 0. The Labute approximate surface area is 95.8 Å². The molecule has 0 unspecified atom stereocenters. The summed E-state index contributed by atoms with van der Waals surface area (Å²) >= 11 is 0. The maximum Gasteiger partial charge on any atom is 0.248 e. The van der Waals surface area contributed by atoms with E-state index in [0.29, 0.717) is 6.79 Å². The maximum absolute atomic E-state index is 6.11. The van der Waals surface area contributed by atoms with E-state index in [1.54, 1.807) is 0 Å². The van der Waals surface area contributed by atoms with E-state index in [1.165, 1.54) is 0 Å². The molecular formula is C12H14O3Si. The van der Waals surface area contributed by atoms with Crippen molar-refractivity contribution in [3.05, 3.63) is 23.8 Å². The van der Waals surface area contributed by atoms with Gasteiger partial charge in [-0.25, -0.2) is 0 Å². The molecule has 1 aromatic rings. The summed E-state index contributed by atoms with van der Waals surface area (Å²) in [7, 11) is -1.61. The van der Waals surface area contributed by atoms with Crippen LogP contribution in [0.2, 0.25) is 19.1 Å². The van der Waals surface area contributed by atoms with Crippen molar-refractivity contribution < 1.29 is 13.9 Å². The van der Waals surface area contributed by atoms with E-state index in [9.17, 15) is 0 Å². The molecule has 2 aliphatic rings. The van der Waals surface area contributed by atoms with Crippen LogP contribution in [0.25, 0.3) is 6.08 Å². The van der Waals surface area contributed by atoms with Gasteiger partial charge in [-0.05, 0) is 25.2 Å². The molecule has 0 radical (unpaired) electrons. The SMILES string of the molecule is C[Si]1(C)CC=Cc2cc3c(cc2O1)OCO3. The van der Waals surface area contributed by atoms with Crippen molar-refractivity contribution in [1.29, 1.82) is 0 Å². The number of hydrogen-bond acceptors (Lipinski definition) is 3. The van der Waals surface area contributed by atoms with Crippen molar-refractivity contribution in [1.82, 2.24) is 0 Å². The number of fused-ring (bicyclic) bond motifs is 2. The Hall–Kier alpha value is -1.42. The molecule has 4 heteroatoms. The minimum Gasteiger partial charge on any atom is -0.543 e. The molecule has 0 aliphatic carbocycles. The predicted molar refractivity (Wildman–Crippen MR) is 64.5 cm³/mol. The molecule has 84 valence electrons. The summed E-state index contributed by atoms with van der Waals surface area (Å²) in [5, 5.41) is 0. The van der Waals surface area contributed by atoms with Gasteiger partial charge < -0.3 is 13.9 Å². The first-order valence-electron chi connectivity index (χ1n) is 5.43. The molecule has 3 nitrogen and oxygen atoms in total. The third kappa shape index (κ3) is 1.59. The third-order valence-corrected chi connectivity index (χ3v) is 4.79. The van der Waals surface area contributed by atoms with Gasteiger partial charge in [-0.2, -0.15) is 0 Å². The van der Waals surface area contributed by atoms with Gasteiger partial charge in [0, 0.05) is 11.6 Å². The number of ether oxygens (including phenoxy) is 2. The first-order valence-corrected chi connectivity index (χ1v) is 8.55. The summed E-state index contributed by atoms with van der Waals surface area (Å²) < 4.78 is 16.8. The zero-order valence-corrected chi connectivity index (χ0v) is 10.4. The van der Waals surface area contributed by atoms with Crippen LogP contribution in [-0.4, -0.2) is 15.1 Å². The highest BCUT2D eigenvalue weighted by Crippen LogP contribution is 2.40. The monoisotopic (exact) mass is 234 g/mol. The second-order valence-corrected chi connectivity index (χ2v) is 8.84. The van der Waals surface area contributed by atoms with Gasteiger partial charge in [0.1, 0.15) is 5.75 Å². The van der Waals surface area contributed by atoms with Gasteiger partial charge in [-0.1, -0.05) is 12.2 Å². The Bertz CT molecular complexity index is 466. The van der Waals surface area contributed by atoms with E-state index in [1.807, 2.05) is 12.1 Å². The lowest BCUT2D eigenvalue weighted by Crippen LogP contribution is -2.32. The number of allylic oxidation sites excluding steroid dienone is 1. The molecule has 0 saturated carbocycles. The van der Waals surface area contributed by atoms with Crippen LogP contribution < -0.4 is 13.9 Å². The topological polar surface area (TPSA) is 27.7 Å². The van der Waals surface area contributed by atoms with Crippen LogP contribution in [0.3, 0.4) is 0 Å². The summed E-state index contributed by atoms with van der Waals surface area (Å²) in [6.07, 6.45) is 4.30. The fraction of sp³-hybridized carbons (Fsp3) is 0.333. The molecule has 0 fully saturated rings. The highest BCUT2D eigenvalue weighted by molar-refractivity contribution is 6.72. The normalized spacial score (nSPS) is 19.9. The molecular weight excluding hydrogens is 220 g/mol. The smallest absolute Gasteiger partial charge is 0.248 e. The minimum atomic E-state index is -1.61. The van der Waals surface area contributed by atoms with Crippen molar-refractivity contribution in [2.75, 3.05) is 6.79 Å². The van der Waals surface area contributed by atoms with Crippen LogP contribution in [-0.2, 0) is 0 Å². The summed E-state index contributed by atoms with van der Waals surface area (Å²) in [4.78, 5) is 0. The zero-order valence-electron chi connectivity index (χ0n) is 9.45. The van der Waals surface area contributed by atoms with E-state index in [-0.39, 0.29) is 0 Å². The molecule has 16 heavy (non-hydrogen) atoms. The second-order valence-electron chi connectivity index (χ2n) is 4.71. The average Bonchev–Trinajstić information content (AvgIpc) is 2.57. The standard InChI is InChI=1S/C12H14O3Si/c1-16(2)5-3-4-9-6-11-12(14-8-13-11)7-10(9)15-16/h3-4,6-7H,5,8H2,1-2H3. The van der Waals surface area contributed by atoms with Crippen LogP contribution in [0.4, 0.5) is 0 Å². The molecule has 1 aromatic carbocycles. The van der Waals surface area contributed by atoms with Gasteiger partial charge in [0.2, 0.25) is 15.1 Å². The lowest BCUT2D eigenvalue weighted by Gasteiger charge is -2.22. The van der Waals surface area contributed by atoms with Gasteiger partial charge in [0.25, 0.3) is 0 Å². The van der Waals surface area contributed by atoms with E-state index < -0.39 is 8.32 Å². The van der Waals surface area contributed by atoms with Crippen LogP contribution in [0, 0.1) is 0 Å². The molecule has 0 N–H and O–H groups in total. The molecule has 0 aromatic heterocycles. The summed E-state index contributed by atoms with van der Waals surface area (Å²) in [6, 6.07) is 4.97. The van der Waals surface area contributed by atoms with Crippen LogP contribution in [0.15, 0.2) is 18.2 Å². The average molecular weight is 234 g/mol. The molecule has 2 heterocycles. The fourth-order valence-electron chi connectivity index (χ4n) is 1.97. The quantitative estimate of drug-likeness (QED) is 0.646. The lowest BCUT2D eigenvalue weighted by molar-refractivity contribution is 0.174. The van der Waals surface area contributed by atoms with Crippen molar-refractivity contribution in [2.24, 2.45) is 0 Å². The molecule has 3 rings (SSSR count). The van der Waals surface area contributed by atoms with Crippen LogP contribution in [0.5, 0.6) is 17.2 Å². The first-order chi connectivity index (χ1) is 7.64. The Morgan fingerprint density at radius 1 is 1.06 bits per heavy atom. The van der Waals surface area contributed by atoms with Crippen molar-refractivity contribution in [3.63, 3.8) is 0 Å². The Morgan fingerprint density at radius 3 is 2.62 bits per heavy atom. The van der Waals surface area contributed by atoms with Gasteiger partial charge in [0.05, 0.1) is 0 Å². The summed E-state index contributed by atoms with van der Waals surface area (Å²) in [5.74, 6) is 2.53. The Balaban J connectivity index is 2.09. The van der Waals surface area contributed by atoms with E-state index in [2.05, 4.69) is 25.2 Å². The number of hydrogen-bond donors (Lipinski definition) is 0. The Kier molecular flexibility index (Phi) is 2.01. The maximum atomic E-state index is 6.11. The molecule has 0 saturated heterocycles. The Morgan fingerprint density at radius 2 is 1.81 bits per heavy atom. The van der Waals surface area contributed by atoms with Crippen molar-refractivity contribution >= 4 is 14.4 Å². The summed E-state index contributed by atoms with van der Waals surface area (Å²) in [6.45, 7) is 4.75. The highest BCUT2D eigenvalue weighted by Gasteiger charge is 2.27. The van der Waals surface area contributed by atoms with Crippen molar-refractivity contribution in [2.45, 2.75) is 19.1 Å². The van der Waals surface area contributed by atoms with Gasteiger partial charge in [-0.3, -0.25) is 0 Å². The van der Waals surface area contributed by atoms with E-state index >= 15 is 0 Å². The molecule has 2 aliphatic heterocycles. The lowest BCUT2D eigenvalue weighted by atomic mass is 10.1. The van der Waals surface area contributed by atoms with Gasteiger partial charge >= 0.3 is 0 Å². The predicted octanol–water partition coefficient (Wildman–Crippen LogP) is 3.03. The second kappa shape index (κ2) is 3.28. The van der Waals surface area contributed by atoms with Crippen molar-refractivity contribution in [3.8, 4) is 17.2 Å². The minimum absolute atomic E-state index is 0.308. The van der Waals surface area contributed by atoms with Crippen LogP contribution >= 0.6 is 0 Å². The molecule has 0 spiro atoms. The van der Waals surface area contributed by atoms with E-state index in [4.69, 9.17) is 13.9 Å². The molecule has 0 bridgehead atoms. The zero-order chi connectivity index (χ0) is 11.2. The fourth-order valence-corrected chi connectivity index (χ4v) is 3.51. The van der Waals surface area contributed by atoms with E-state index in [0.717, 1.165) is 28.9 Å². The largest absolute Gasteiger partial charge is 0.543 e. The van der Waals surface area contributed by atoms with Gasteiger partial charge in [-0.15, -0.1) is 0 Å². The number of benzene rings is 1. The molecule has 0 amide bonds.